The standard InChI is InChI=1S/C14H17N3O2/c18-14-16-12-7-10(1-2-13(12)19-14)15-11-4-6-17-5-3-9(11)8-17/h1-2,7,9,11,15H,3-6,8H2,(H,16,18). The molecule has 4 rings (SSSR count). The summed E-state index contributed by atoms with van der Waals surface area (Å²) in [6.07, 6.45) is 2.49. The van der Waals surface area contributed by atoms with E-state index in [1.807, 2.05) is 18.2 Å². The molecule has 0 aliphatic carbocycles. The van der Waals surface area contributed by atoms with Crippen molar-refractivity contribution in [3.05, 3.63) is 28.7 Å². The van der Waals surface area contributed by atoms with E-state index < -0.39 is 5.76 Å². The van der Waals surface area contributed by atoms with Crippen LogP contribution in [-0.2, 0) is 0 Å². The van der Waals surface area contributed by atoms with E-state index in [1.165, 1.54) is 32.5 Å². The first kappa shape index (κ1) is 11.1. The molecule has 2 bridgehead atoms. The third kappa shape index (κ3) is 1.94. The van der Waals surface area contributed by atoms with Crippen LogP contribution in [0.4, 0.5) is 5.69 Å². The summed E-state index contributed by atoms with van der Waals surface area (Å²) in [5.74, 6) is 0.365. The van der Waals surface area contributed by atoms with Gasteiger partial charge in [0.2, 0.25) is 0 Å². The molecular weight excluding hydrogens is 242 g/mol. The lowest BCUT2D eigenvalue weighted by atomic mass is 9.94. The Morgan fingerprint density at radius 3 is 3.16 bits per heavy atom. The van der Waals surface area contributed by atoms with Crippen LogP contribution in [0.2, 0.25) is 0 Å². The molecule has 3 atom stereocenters. The lowest BCUT2D eigenvalue weighted by molar-refractivity contribution is 0.255. The highest BCUT2D eigenvalue weighted by Crippen LogP contribution is 2.29. The summed E-state index contributed by atoms with van der Waals surface area (Å²) in [7, 11) is 0. The van der Waals surface area contributed by atoms with E-state index in [9.17, 15) is 4.79 Å². The van der Waals surface area contributed by atoms with Crippen molar-refractivity contribution < 1.29 is 4.42 Å². The Balaban J connectivity index is 1.58. The Bertz CT molecular complexity index is 660. The van der Waals surface area contributed by atoms with Crippen LogP contribution in [0.5, 0.6) is 0 Å². The number of hydrogen-bond donors (Lipinski definition) is 2. The number of H-pyrrole nitrogens is 1. The summed E-state index contributed by atoms with van der Waals surface area (Å²) in [5, 5.41) is 3.62. The zero-order valence-corrected chi connectivity index (χ0v) is 10.7. The summed E-state index contributed by atoms with van der Waals surface area (Å²) in [6, 6.07) is 6.34. The number of nitrogens with zero attached hydrogens (tertiary/aromatic N) is 1. The van der Waals surface area contributed by atoms with Gasteiger partial charge in [0.1, 0.15) is 0 Å². The number of oxazole rings is 1. The fourth-order valence-corrected chi connectivity index (χ4v) is 3.40. The normalized spacial score (nSPS) is 29.8. The van der Waals surface area contributed by atoms with E-state index in [4.69, 9.17) is 4.42 Å². The summed E-state index contributed by atoms with van der Waals surface area (Å²) >= 11 is 0. The van der Waals surface area contributed by atoms with Crippen molar-refractivity contribution in [2.45, 2.75) is 18.9 Å². The molecule has 3 heterocycles. The van der Waals surface area contributed by atoms with E-state index in [2.05, 4.69) is 15.2 Å². The van der Waals surface area contributed by atoms with Crippen molar-refractivity contribution in [1.82, 2.24) is 9.88 Å². The Labute approximate surface area is 110 Å². The number of fused-ring (bicyclic) bond motifs is 3. The molecule has 0 radical (unpaired) electrons. The van der Waals surface area contributed by atoms with Gasteiger partial charge in [0, 0.05) is 24.8 Å². The summed E-state index contributed by atoms with van der Waals surface area (Å²) in [4.78, 5) is 16.4. The van der Waals surface area contributed by atoms with Gasteiger partial charge in [-0.15, -0.1) is 0 Å². The zero-order chi connectivity index (χ0) is 12.8. The van der Waals surface area contributed by atoms with Gasteiger partial charge in [-0.3, -0.25) is 4.98 Å². The van der Waals surface area contributed by atoms with E-state index in [-0.39, 0.29) is 0 Å². The lowest BCUT2D eigenvalue weighted by Gasteiger charge is -2.31. The number of aromatic nitrogens is 1. The number of aromatic amines is 1. The maximum Gasteiger partial charge on any atom is 0.417 e. The van der Waals surface area contributed by atoms with Crippen LogP contribution in [0.25, 0.3) is 11.1 Å². The topological polar surface area (TPSA) is 61.3 Å². The predicted molar refractivity (Wildman–Crippen MR) is 73.4 cm³/mol. The fourth-order valence-electron chi connectivity index (χ4n) is 3.40. The molecule has 5 heteroatoms. The highest BCUT2D eigenvalue weighted by atomic mass is 16.4. The molecule has 0 amide bonds. The molecule has 2 aliphatic heterocycles. The second-order valence-electron chi connectivity index (χ2n) is 5.61. The third-order valence-corrected chi connectivity index (χ3v) is 4.41. The SMILES string of the molecule is O=c1[nH]c2cc(NC3CCN4CCC3C4)ccc2o1. The average Bonchev–Trinajstić information content (AvgIpc) is 2.95. The molecule has 0 saturated carbocycles. The van der Waals surface area contributed by atoms with Crippen molar-refractivity contribution in [2.24, 2.45) is 5.92 Å². The van der Waals surface area contributed by atoms with Gasteiger partial charge in [0.25, 0.3) is 0 Å². The summed E-state index contributed by atoms with van der Waals surface area (Å²) in [6.45, 7) is 3.67. The molecule has 0 spiro atoms. The van der Waals surface area contributed by atoms with Gasteiger partial charge in [0.15, 0.2) is 5.58 Å². The highest BCUT2D eigenvalue weighted by Gasteiger charge is 2.34. The van der Waals surface area contributed by atoms with E-state index in [1.54, 1.807) is 0 Å². The fraction of sp³-hybridized carbons (Fsp3) is 0.500. The Kier molecular flexibility index (Phi) is 2.41. The number of hydrogen-bond acceptors (Lipinski definition) is 4. The van der Waals surface area contributed by atoms with Crippen molar-refractivity contribution in [3.8, 4) is 0 Å². The third-order valence-electron chi connectivity index (χ3n) is 4.41. The van der Waals surface area contributed by atoms with Crippen molar-refractivity contribution in [1.29, 1.82) is 0 Å². The Morgan fingerprint density at radius 2 is 2.21 bits per heavy atom. The number of rotatable bonds is 2. The highest BCUT2D eigenvalue weighted by molar-refractivity contribution is 5.76. The zero-order valence-electron chi connectivity index (χ0n) is 10.7. The quantitative estimate of drug-likeness (QED) is 0.860. The van der Waals surface area contributed by atoms with Crippen LogP contribution in [0, 0.1) is 5.92 Å². The van der Waals surface area contributed by atoms with Gasteiger partial charge >= 0.3 is 5.76 Å². The smallest absolute Gasteiger partial charge is 0.408 e. The molecule has 3 unspecified atom stereocenters. The van der Waals surface area contributed by atoms with Crippen LogP contribution in [-0.4, -0.2) is 35.6 Å². The molecule has 2 aliphatic rings. The molecule has 5 nitrogen and oxygen atoms in total. The van der Waals surface area contributed by atoms with Gasteiger partial charge in [-0.05, 0) is 43.5 Å². The maximum atomic E-state index is 11.1. The van der Waals surface area contributed by atoms with Crippen molar-refractivity contribution >= 4 is 16.8 Å². The van der Waals surface area contributed by atoms with Crippen molar-refractivity contribution in [2.75, 3.05) is 25.0 Å². The second kappa shape index (κ2) is 4.13. The first-order valence-electron chi connectivity index (χ1n) is 6.90. The summed E-state index contributed by atoms with van der Waals surface area (Å²) < 4.78 is 5.02. The van der Waals surface area contributed by atoms with Crippen LogP contribution in [0.1, 0.15) is 12.8 Å². The number of piperidine rings is 1. The number of benzene rings is 1. The molecule has 2 fully saturated rings. The molecule has 1 aromatic heterocycles. The largest absolute Gasteiger partial charge is 0.417 e. The van der Waals surface area contributed by atoms with E-state index >= 15 is 0 Å². The second-order valence-corrected chi connectivity index (χ2v) is 5.61. The monoisotopic (exact) mass is 259 g/mol. The van der Waals surface area contributed by atoms with E-state index in [0.717, 1.165) is 17.1 Å². The van der Waals surface area contributed by atoms with Gasteiger partial charge in [0.05, 0.1) is 5.52 Å². The first-order chi connectivity index (χ1) is 9.28. The molecular formula is C14H17N3O2. The Hall–Kier alpha value is -1.75. The van der Waals surface area contributed by atoms with E-state index in [0.29, 0.717) is 11.6 Å². The minimum atomic E-state index is -0.392. The van der Waals surface area contributed by atoms with Gasteiger partial charge < -0.3 is 14.6 Å². The minimum Gasteiger partial charge on any atom is -0.408 e. The van der Waals surface area contributed by atoms with Crippen LogP contribution in [0.3, 0.4) is 0 Å². The molecule has 2 saturated heterocycles. The molecule has 1 aromatic carbocycles. The van der Waals surface area contributed by atoms with Crippen molar-refractivity contribution in [3.63, 3.8) is 0 Å². The minimum absolute atomic E-state index is 0.392. The van der Waals surface area contributed by atoms with Gasteiger partial charge in [-0.25, -0.2) is 4.79 Å². The van der Waals surface area contributed by atoms with Gasteiger partial charge in [-0.1, -0.05) is 0 Å². The first-order valence-corrected chi connectivity index (χ1v) is 6.90. The number of anilines is 1. The molecule has 2 N–H and O–H groups in total. The lowest BCUT2D eigenvalue weighted by Crippen LogP contribution is -2.39. The van der Waals surface area contributed by atoms with Crippen LogP contribution < -0.4 is 11.1 Å². The predicted octanol–water partition coefficient (Wildman–Crippen LogP) is 1.63. The number of nitrogens with one attached hydrogen (secondary N) is 2. The van der Waals surface area contributed by atoms with Crippen LogP contribution in [0.15, 0.2) is 27.4 Å². The van der Waals surface area contributed by atoms with Crippen LogP contribution >= 0.6 is 0 Å². The average molecular weight is 259 g/mol. The Morgan fingerprint density at radius 1 is 1.32 bits per heavy atom. The van der Waals surface area contributed by atoms with Gasteiger partial charge in [-0.2, -0.15) is 0 Å². The molecule has 100 valence electrons. The molecule has 19 heavy (non-hydrogen) atoms. The molecule has 2 aromatic rings. The maximum absolute atomic E-state index is 11.1. The summed E-state index contributed by atoms with van der Waals surface area (Å²) in [5.41, 5.74) is 2.44.